The summed E-state index contributed by atoms with van der Waals surface area (Å²) in [7, 11) is 0. The quantitative estimate of drug-likeness (QED) is 0.420. The molecule has 1 aromatic heterocycles. The average molecular weight is 396 g/mol. The van der Waals surface area contributed by atoms with Crippen molar-refractivity contribution in [3.8, 4) is 0 Å². The van der Waals surface area contributed by atoms with Gasteiger partial charge in [0.1, 0.15) is 11.8 Å². The van der Waals surface area contributed by atoms with Crippen molar-refractivity contribution in [3.63, 3.8) is 0 Å². The Hall–Kier alpha value is -1.83. The molecule has 2 aromatic rings. The average Bonchev–Trinajstić information content (AvgIpc) is 3.31. The molecule has 0 amide bonds. The number of halogens is 1. The molecular weight excluding hydrogens is 378 g/mol. The Kier molecular flexibility index (Phi) is 5.41. The largest absolute Gasteiger partial charge is 0.612 e. The van der Waals surface area contributed by atoms with Crippen LogP contribution in [0.4, 0.5) is 0 Å². The number of rotatable bonds is 6. The second-order valence-electron chi connectivity index (χ2n) is 6.42. The highest BCUT2D eigenvalue weighted by atomic mass is 35.5. The summed E-state index contributed by atoms with van der Waals surface area (Å²) in [6, 6.07) is 4.53. The van der Waals surface area contributed by atoms with Crippen LogP contribution >= 0.6 is 11.6 Å². The molecule has 0 saturated heterocycles. The van der Waals surface area contributed by atoms with Gasteiger partial charge in [-0.15, -0.1) is 0 Å². The Balaban J connectivity index is 2.09. The molecule has 1 saturated carbocycles. The second-order valence-corrected chi connectivity index (χ2v) is 8.21. The smallest absolute Gasteiger partial charge is 0.361 e. The van der Waals surface area contributed by atoms with E-state index in [0.29, 0.717) is 15.7 Å². The number of hydrogen-bond donors (Lipinski definition) is 0. The van der Waals surface area contributed by atoms with Gasteiger partial charge in [0, 0.05) is 17.0 Å². The summed E-state index contributed by atoms with van der Waals surface area (Å²) < 4.78 is 22.6. The van der Waals surface area contributed by atoms with Gasteiger partial charge in [0.25, 0.3) is 0 Å². The molecule has 3 rings (SSSR count). The second kappa shape index (κ2) is 7.42. The van der Waals surface area contributed by atoms with Crippen molar-refractivity contribution in [3.05, 3.63) is 45.8 Å². The maximum Gasteiger partial charge on any atom is 0.361 e. The first-order valence-corrected chi connectivity index (χ1v) is 10.1. The molecule has 1 aliphatic carbocycles. The third kappa shape index (κ3) is 3.79. The first-order chi connectivity index (χ1) is 12.3. The van der Waals surface area contributed by atoms with Crippen molar-refractivity contribution in [1.29, 1.82) is 0 Å². The van der Waals surface area contributed by atoms with Crippen LogP contribution in [0, 0.1) is 0 Å². The topological polar surface area (TPSA) is 92.5 Å². The van der Waals surface area contributed by atoms with E-state index in [9.17, 15) is 14.1 Å². The summed E-state index contributed by atoms with van der Waals surface area (Å²) in [5.74, 6) is -0.740. The van der Waals surface area contributed by atoms with E-state index in [2.05, 4.69) is 5.16 Å². The van der Waals surface area contributed by atoms with Crippen LogP contribution in [0.25, 0.3) is 0 Å². The Morgan fingerprint density at radius 1 is 1.38 bits per heavy atom. The van der Waals surface area contributed by atoms with E-state index in [1.807, 2.05) is 0 Å². The highest BCUT2D eigenvalue weighted by Crippen LogP contribution is 2.43. The minimum atomic E-state index is -1.43. The van der Waals surface area contributed by atoms with Crippen molar-refractivity contribution in [2.24, 2.45) is 0 Å². The summed E-state index contributed by atoms with van der Waals surface area (Å²) >= 11 is 4.54. The van der Waals surface area contributed by atoms with Crippen LogP contribution in [0.1, 0.15) is 64.8 Å². The fourth-order valence-electron chi connectivity index (χ4n) is 2.61. The van der Waals surface area contributed by atoms with Crippen molar-refractivity contribution in [1.82, 2.24) is 5.16 Å². The van der Waals surface area contributed by atoms with E-state index >= 15 is 0 Å². The Labute approximate surface area is 159 Å². The fraction of sp³-hybridized carbons (Fsp3) is 0.389. The Bertz CT molecular complexity index is 857. The molecule has 6 nitrogen and oxygen atoms in total. The summed E-state index contributed by atoms with van der Waals surface area (Å²) in [6.07, 6.45) is 2.83. The predicted molar refractivity (Wildman–Crippen MR) is 96.2 cm³/mol. The van der Waals surface area contributed by atoms with Gasteiger partial charge >= 0.3 is 5.97 Å². The fourth-order valence-corrected chi connectivity index (χ4v) is 3.61. The van der Waals surface area contributed by atoms with Crippen LogP contribution in [0.5, 0.6) is 0 Å². The molecule has 26 heavy (non-hydrogen) atoms. The number of nitrogens with zero attached hydrogens (tertiary/aromatic N) is 1. The molecule has 0 bridgehead atoms. The van der Waals surface area contributed by atoms with E-state index in [0.717, 1.165) is 12.8 Å². The zero-order valence-corrected chi connectivity index (χ0v) is 16.1. The standard InChI is InChI=1S/C18H18ClNO5S/c1-9(2)24-18(22)15-14(17(25-20-15)10-4-5-10)16(21)12-7-6-11(19)8-13(12)26(3)23/h6-10H,4-5H2,1-3H3. The number of ketones is 1. The lowest BCUT2D eigenvalue weighted by molar-refractivity contribution is 0.0364. The number of benzene rings is 1. The van der Waals surface area contributed by atoms with Crippen LogP contribution in [-0.2, 0) is 15.9 Å². The van der Waals surface area contributed by atoms with E-state index < -0.39 is 22.9 Å². The predicted octanol–water partition coefficient (Wildman–Crippen LogP) is 3.74. The van der Waals surface area contributed by atoms with E-state index in [4.69, 9.17) is 20.9 Å². The number of carbonyl (C=O) groups excluding carboxylic acids is 2. The number of ether oxygens (including phenoxy) is 1. The molecule has 0 aliphatic heterocycles. The number of hydrogen-bond acceptors (Lipinski definition) is 6. The number of carbonyl (C=O) groups is 2. The molecule has 138 valence electrons. The lowest BCUT2D eigenvalue weighted by Crippen LogP contribution is -2.17. The van der Waals surface area contributed by atoms with E-state index in [-0.39, 0.29) is 28.8 Å². The number of aromatic nitrogens is 1. The van der Waals surface area contributed by atoms with E-state index in [1.165, 1.54) is 18.4 Å². The summed E-state index contributed by atoms with van der Waals surface area (Å²) in [4.78, 5) is 25.9. The van der Waals surface area contributed by atoms with Gasteiger partial charge in [-0.1, -0.05) is 16.8 Å². The van der Waals surface area contributed by atoms with Crippen molar-refractivity contribution < 1.29 is 23.4 Å². The van der Waals surface area contributed by atoms with Crippen molar-refractivity contribution >= 4 is 34.5 Å². The summed E-state index contributed by atoms with van der Waals surface area (Å²) in [6.45, 7) is 3.41. The summed E-state index contributed by atoms with van der Waals surface area (Å²) in [5.41, 5.74) is 0.152. The van der Waals surface area contributed by atoms with Gasteiger partial charge in [0.15, 0.2) is 10.7 Å². The van der Waals surface area contributed by atoms with Gasteiger partial charge in [0.05, 0.1) is 11.7 Å². The van der Waals surface area contributed by atoms with Crippen LogP contribution in [-0.4, -0.2) is 33.8 Å². The van der Waals surface area contributed by atoms with Gasteiger partial charge in [0.2, 0.25) is 11.5 Å². The normalized spacial score (nSPS) is 15.2. The zero-order chi connectivity index (χ0) is 19.0. The first-order valence-electron chi connectivity index (χ1n) is 8.17. The molecule has 0 radical (unpaired) electrons. The Morgan fingerprint density at radius 3 is 2.65 bits per heavy atom. The lowest BCUT2D eigenvalue weighted by Gasteiger charge is -2.11. The highest BCUT2D eigenvalue weighted by molar-refractivity contribution is 7.90. The van der Waals surface area contributed by atoms with Crippen molar-refractivity contribution in [2.45, 2.75) is 43.6 Å². The SMILES string of the molecule is CC(C)OC(=O)c1noc(C2CC2)c1C(=O)c1ccc(Cl)cc1[S+](C)[O-]. The molecule has 1 aliphatic rings. The molecule has 8 heteroatoms. The van der Waals surface area contributed by atoms with Crippen LogP contribution in [0.3, 0.4) is 0 Å². The Morgan fingerprint density at radius 2 is 2.08 bits per heavy atom. The lowest BCUT2D eigenvalue weighted by atomic mass is 9.99. The molecule has 1 unspecified atom stereocenters. The van der Waals surface area contributed by atoms with Gasteiger partial charge in [-0.2, -0.15) is 0 Å². The molecule has 1 aromatic carbocycles. The first kappa shape index (κ1) is 18.9. The van der Waals surface area contributed by atoms with Crippen LogP contribution < -0.4 is 0 Å². The van der Waals surface area contributed by atoms with Gasteiger partial charge < -0.3 is 13.8 Å². The summed E-state index contributed by atoms with van der Waals surface area (Å²) in [5, 5.41) is 4.17. The monoisotopic (exact) mass is 395 g/mol. The minimum absolute atomic E-state index is 0.0601. The van der Waals surface area contributed by atoms with Gasteiger partial charge in [-0.05, 0) is 50.0 Å². The number of esters is 1. The molecule has 0 N–H and O–H groups in total. The van der Waals surface area contributed by atoms with Crippen LogP contribution in [0.2, 0.25) is 5.02 Å². The third-order valence-corrected chi connectivity index (χ3v) is 5.12. The van der Waals surface area contributed by atoms with Gasteiger partial charge in [-0.3, -0.25) is 4.79 Å². The van der Waals surface area contributed by atoms with Crippen molar-refractivity contribution in [2.75, 3.05) is 6.26 Å². The van der Waals surface area contributed by atoms with Gasteiger partial charge in [-0.25, -0.2) is 4.79 Å². The molecule has 0 spiro atoms. The molecule has 1 heterocycles. The maximum atomic E-state index is 13.2. The molecule has 1 atom stereocenters. The minimum Gasteiger partial charge on any atom is -0.612 e. The highest BCUT2D eigenvalue weighted by Gasteiger charge is 2.38. The zero-order valence-electron chi connectivity index (χ0n) is 14.6. The molecular formula is C18H18ClNO5S. The maximum absolute atomic E-state index is 13.2. The van der Waals surface area contributed by atoms with E-state index in [1.54, 1.807) is 19.9 Å². The van der Waals surface area contributed by atoms with Crippen LogP contribution in [0.15, 0.2) is 27.6 Å². The molecule has 1 fully saturated rings. The third-order valence-electron chi connectivity index (χ3n) is 3.93.